The van der Waals surface area contributed by atoms with E-state index >= 15 is 0 Å². The average molecular weight is 437 g/mol. The number of carbonyl (C=O) groups excluding carboxylic acids is 3. The van der Waals surface area contributed by atoms with Gasteiger partial charge in [0.2, 0.25) is 0 Å². The van der Waals surface area contributed by atoms with E-state index in [1.54, 1.807) is 69.6 Å². The molecular formula is C25H28N2O5. The summed E-state index contributed by atoms with van der Waals surface area (Å²) >= 11 is 0. The van der Waals surface area contributed by atoms with E-state index in [1.807, 2.05) is 13.8 Å². The van der Waals surface area contributed by atoms with E-state index in [0.717, 1.165) is 0 Å². The first-order chi connectivity index (χ1) is 15.0. The minimum Gasteiger partial charge on any atom is -0.503 e. The maximum Gasteiger partial charge on any atom is 0.338 e. The van der Waals surface area contributed by atoms with Gasteiger partial charge in [0.05, 0.1) is 23.8 Å². The van der Waals surface area contributed by atoms with Crippen LogP contribution in [0.25, 0.3) is 0 Å². The number of esters is 1. The van der Waals surface area contributed by atoms with Gasteiger partial charge < -0.3 is 9.84 Å². The Bertz CT molecular complexity index is 1050. The van der Waals surface area contributed by atoms with Gasteiger partial charge in [0.15, 0.2) is 11.5 Å². The van der Waals surface area contributed by atoms with E-state index in [2.05, 4.69) is 4.98 Å². The quantitative estimate of drug-likeness (QED) is 0.674. The highest BCUT2D eigenvalue weighted by atomic mass is 16.5. The normalized spacial score (nSPS) is 16.6. The highest BCUT2D eigenvalue weighted by Crippen LogP contribution is 2.43. The van der Waals surface area contributed by atoms with Crippen molar-refractivity contribution in [3.05, 3.63) is 71.3 Å². The Morgan fingerprint density at radius 2 is 1.81 bits per heavy atom. The highest BCUT2D eigenvalue weighted by molar-refractivity contribution is 6.17. The molecule has 7 heteroatoms. The van der Waals surface area contributed by atoms with E-state index in [-0.39, 0.29) is 17.3 Å². The fourth-order valence-electron chi connectivity index (χ4n) is 3.44. The van der Waals surface area contributed by atoms with Gasteiger partial charge in [-0.15, -0.1) is 0 Å². The van der Waals surface area contributed by atoms with Crippen LogP contribution >= 0.6 is 0 Å². The molecule has 1 aromatic carbocycles. The van der Waals surface area contributed by atoms with Crippen LogP contribution < -0.4 is 4.90 Å². The van der Waals surface area contributed by atoms with Crippen molar-refractivity contribution in [1.29, 1.82) is 0 Å². The summed E-state index contributed by atoms with van der Waals surface area (Å²) in [5, 5.41) is 10.7. The third-order valence-electron chi connectivity index (χ3n) is 5.06. The zero-order valence-corrected chi connectivity index (χ0v) is 19.0. The number of carbonyl (C=O) groups is 3. The van der Waals surface area contributed by atoms with Crippen molar-refractivity contribution in [3.8, 4) is 0 Å². The molecule has 2 heterocycles. The summed E-state index contributed by atoms with van der Waals surface area (Å²) in [6.45, 7) is 9.42. The molecule has 0 fully saturated rings. The van der Waals surface area contributed by atoms with Crippen LogP contribution in [0.2, 0.25) is 0 Å². The lowest BCUT2D eigenvalue weighted by atomic mass is 9.82. The Balaban J connectivity index is 2.01. The smallest absolute Gasteiger partial charge is 0.338 e. The second kappa shape index (κ2) is 8.94. The lowest BCUT2D eigenvalue weighted by molar-refractivity contribution is -0.123. The number of ether oxygens (including phenoxy) is 1. The van der Waals surface area contributed by atoms with Gasteiger partial charge in [-0.05, 0) is 41.8 Å². The number of ketones is 1. The molecule has 0 aliphatic carbocycles. The number of aliphatic hydroxyl groups excluding tert-OH is 1. The summed E-state index contributed by atoms with van der Waals surface area (Å²) in [4.78, 5) is 44.0. The van der Waals surface area contributed by atoms with Crippen molar-refractivity contribution < 1.29 is 24.2 Å². The SMILES string of the molecule is CC(C)COC(=O)c1ccc(N2C(=O)C(O)=C(C(=O)C(C)(C)C)C2c2cccnc2)cc1. The Hall–Kier alpha value is -3.48. The zero-order chi connectivity index (χ0) is 23.6. The molecule has 1 N–H and O–H groups in total. The van der Waals surface area contributed by atoms with Crippen molar-refractivity contribution >= 4 is 23.3 Å². The van der Waals surface area contributed by atoms with Crippen LogP contribution in [-0.4, -0.2) is 34.4 Å². The average Bonchev–Trinajstić information content (AvgIpc) is 3.02. The summed E-state index contributed by atoms with van der Waals surface area (Å²) in [6, 6.07) is 8.96. The topological polar surface area (TPSA) is 96.8 Å². The predicted octanol–water partition coefficient (Wildman–Crippen LogP) is 4.41. The van der Waals surface area contributed by atoms with Crippen LogP contribution in [0.1, 0.15) is 56.6 Å². The Morgan fingerprint density at radius 1 is 1.16 bits per heavy atom. The minimum absolute atomic E-state index is 0.0379. The van der Waals surface area contributed by atoms with Gasteiger partial charge in [-0.3, -0.25) is 19.5 Å². The Kier molecular flexibility index (Phi) is 6.48. The number of amides is 1. The fraction of sp³-hybridized carbons (Fsp3) is 0.360. The van der Waals surface area contributed by atoms with Crippen molar-refractivity contribution in [1.82, 2.24) is 4.98 Å². The Morgan fingerprint density at radius 3 is 2.34 bits per heavy atom. The van der Waals surface area contributed by atoms with E-state index in [1.165, 1.54) is 4.90 Å². The van der Waals surface area contributed by atoms with Crippen molar-refractivity contribution in [2.24, 2.45) is 11.3 Å². The van der Waals surface area contributed by atoms with E-state index in [9.17, 15) is 19.5 Å². The van der Waals surface area contributed by atoms with Crippen molar-refractivity contribution in [3.63, 3.8) is 0 Å². The third kappa shape index (κ3) is 4.56. The van der Waals surface area contributed by atoms with Gasteiger partial charge in [0, 0.05) is 23.5 Å². The predicted molar refractivity (Wildman–Crippen MR) is 120 cm³/mol. The molecule has 0 radical (unpaired) electrons. The standard InChI is InChI=1S/C25H28N2O5/c1-15(2)14-32-24(31)16-8-10-18(11-9-16)27-20(17-7-6-12-26-13-17)19(21(28)23(27)30)22(29)25(3,4)5/h6-13,15,20,28H,14H2,1-5H3. The van der Waals surface area contributed by atoms with Gasteiger partial charge in [-0.25, -0.2) is 4.79 Å². The maximum atomic E-state index is 13.2. The van der Waals surface area contributed by atoms with Crippen LogP contribution in [0, 0.1) is 11.3 Å². The maximum absolute atomic E-state index is 13.2. The van der Waals surface area contributed by atoms with E-state index in [0.29, 0.717) is 23.4 Å². The first kappa shape index (κ1) is 23.2. The van der Waals surface area contributed by atoms with Crippen LogP contribution in [0.5, 0.6) is 0 Å². The number of anilines is 1. The molecule has 1 aromatic heterocycles. The molecule has 0 saturated heterocycles. The van der Waals surface area contributed by atoms with E-state index < -0.39 is 29.1 Å². The number of aromatic nitrogens is 1. The van der Waals surface area contributed by atoms with E-state index in [4.69, 9.17) is 4.74 Å². The molecule has 2 aromatic rings. The van der Waals surface area contributed by atoms with Crippen molar-refractivity contribution in [2.75, 3.05) is 11.5 Å². The molecule has 0 spiro atoms. The molecule has 1 amide bonds. The lowest BCUT2D eigenvalue weighted by Crippen LogP contribution is -2.32. The molecule has 1 unspecified atom stereocenters. The molecule has 1 atom stereocenters. The number of pyridine rings is 1. The van der Waals surface area contributed by atoms with Gasteiger partial charge in [-0.1, -0.05) is 40.7 Å². The number of rotatable bonds is 6. The second-order valence-corrected chi connectivity index (χ2v) is 9.24. The first-order valence-electron chi connectivity index (χ1n) is 10.5. The molecule has 0 saturated carbocycles. The van der Waals surface area contributed by atoms with Crippen LogP contribution in [0.4, 0.5) is 5.69 Å². The fourth-order valence-corrected chi connectivity index (χ4v) is 3.44. The summed E-state index contributed by atoms with van der Waals surface area (Å²) < 4.78 is 5.25. The number of benzene rings is 1. The number of nitrogens with zero attached hydrogens (tertiary/aromatic N) is 2. The minimum atomic E-state index is -0.832. The zero-order valence-electron chi connectivity index (χ0n) is 19.0. The first-order valence-corrected chi connectivity index (χ1v) is 10.5. The summed E-state index contributed by atoms with van der Waals surface area (Å²) in [6.07, 6.45) is 3.16. The summed E-state index contributed by atoms with van der Waals surface area (Å²) in [7, 11) is 0. The molecule has 7 nitrogen and oxygen atoms in total. The number of Topliss-reactive ketones (excluding diaryl/α,β-unsaturated/α-hetero) is 1. The number of hydrogen-bond acceptors (Lipinski definition) is 6. The number of hydrogen-bond donors (Lipinski definition) is 1. The monoisotopic (exact) mass is 436 g/mol. The van der Waals surface area contributed by atoms with Crippen LogP contribution in [-0.2, 0) is 14.3 Å². The molecule has 168 valence electrons. The van der Waals surface area contributed by atoms with Crippen molar-refractivity contribution in [2.45, 2.75) is 40.7 Å². The van der Waals surface area contributed by atoms with Crippen LogP contribution in [0.15, 0.2) is 60.1 Å². The highest BCUT2D eigenvalue weighted by Gasteiger charge is 2.46. The largest absolute Gasteiger partial charge is 0.503 e. The van der Waals surface area contributed by atoms with Gasteiger partial charge >= 0.3 is 5.97 Å². The molecular weight excluding hydrogens is 408 g/mol. The lowest BCUT2D eigenvalue weighted by Gasteiger charge is -2.28. The third-order valence-corrected chi connectivity index (χ3v) is 5.06. The summed E-state index contributed by atoms with van der Waals surface area (Å²) in [5.74, 6) is -1.81. The van der Waals surface area contributed by atoms with Gasteiger partial charge in [0.25, 0.3) is 5.91 Å². The van der Waals surface area contributed by atoms with Gasteiger partial charge in [-0.2, -0.15) is 0 Å². The number of aliphatic hydroxyl groups is 1. The molecule has 1 aliphatic heterocycles. The molecule has 32 heavy (non-hydrogen) atoms. The molecule has 0 bridgehead atoms. The molecule has 1 aliphatic rings. The summed E-state index contributed by atoms with van der Waals surface area (Å²) in [5.41, 5.74) is 0.618. The molecule has 3 rings (SSSR count). The second-order valence-electron chi connectivity index (χ2n) is 9.24. The van der Waals surface area contributed by atoms with Gasteiger partial charge in [0.1, 0.15) is 0 Å². The van der Waals surface area contributed by atoms with Crippen LogP contribution in [0.3, 0.4) is 0 Å². The Labute approximate surface area is 187 Å².